The molecule has 2 aromatic rings. The third-order valence-corrected chi connectivity index (χ3v) is 2.78. The summed E-state index contributed by atoms with van der Waals surface area (Å²) in [5, 5.41) is 0. The molecule has 0 aromatic heterocycles. The minimum absolute atomic E-state index is 0.130. The lowest BCUT2D eigenvalue weighted by atomic mass is 10.1. The van der Waals surface area contributed by atoms with E-state index in [-0.39, 0.29) is 11.4 Å². The Hall–Kier alpha value is -2.78. The van der Waals surface area contributed by atoms with Crippen molar-refractivity contribution in [3.63, 3.8) is 0 Å². The van der Waals surface area contributed by atoms with Gasteiger partial charge in [-0.3, -0.25) is 4.79 Å². The van der Waals surface area contributed by atoms with Crippen molar-refractivity contribution in [2.24, 2.45) is 4.36 Å². The SMILES string of the molecule is O=C(N=S(=O)=O)c1cccc(C#Cc2ccc(F)cc2)c1. The molecule has 0 bridgehead atoms. The van der Waals surface area contributed by atoms with Crippen molar-refractivity contribution in [1.29, 1.82) is 0 Å². The molecule has 0 N–H and O–H groups in total. The zero-order valence-corrected chi connectivity index (χ0v) is 11.4. The Morgan fingerprint density at radius 3 is 2.33 bits per heavy atom. The van der Waals surface area contributed by atoms with Crippen LogP contribution in [0, 0.1) is 17.7 Å². The number of carbonyl (C=O) groups is 1. The van der Waals surface area contributed by atoms with Crippen LogP contribution in [0.3, 0.4) is 0 Å². The van der Waals surface area contributed by atoms with Gasteiger partial charge >= 0.3 is 10.5 Å². The molecule has 0 saturated carbocycles. The summed E-state index contributed by atoms with van der Waals surface area (Å²) in [7, 11) is -2.78. The third kappa shape index (κ3) is 4.37. The summed E-state index contributed by atoms with van der Waals surface area (Å²) in [4.78, 5) is 11.5. The lowest BCUT2D eigenvalue weighted by molar-refractivity contribution is 0.100. The maximum Gasteiger partial charge on any atom is 0.319 e. The molecular weight excluding hydrogens is 293 g/mol. The molecule has 4 nitrogen and oxygen atoms in total. The first-order chi connectivity index (χ1) is 10.0. The number of hydrogen-bond donors (Lipinski definition) is 0. The van der Waals surface area contributed by atoms with Crippen LogP contribution in [0.5, 0.6) is 0 Å². The second kappa shape index (κ2) is 6.59. The summed E-state index contributed by atoms with van der Waals surface area (Å²) in [6, 6.07) is 11.8. The molecule has 0 unspecified atom stereocenters. The van der Waals surface area contributed by atoms with Crippen molar-refractivity contribution < 1.29 is 17.6 Å². The molecule has 2 aromatic carbocycles. The maximum atomic E-state index is 12.7. The molecule has 6 heteroatoms. The fourth-order valence-corrected chi connectivity index (χ4v) is 1.77. The smallest absolute Gasteiger partial charge is 0.266 e. The fourth-order valence-electron chi connectivity index (χ4n) is 1.53. The Morgan fingerprint density at radius 2 is 1.67 bits per heavy atom. The van der Waals surface area contributed by atoms with Gasteiger partial charge in [0, 0.05) is 16.7 Å². The summed E-state index contributed by atoms with van der Waals surface area (Å²) >= 11 is 0. The van der Waals surface area contributed by atoms with E-state index >= 15 is 0 Å². The van der Waals surface area contributed by atoms with Gasteiger partial charge in [-0.05, 0) is 42.5 Å². The quantitative estimate of drug-likeness (QED) is 0.760. The second-order valence-electron chi connectivity index (χ2n) is 3.95. The summed E-state index contributed by atoms with van der Waals surface area (Å²) < 4.78 is 36.4. The van der Waals surface area contributed by atoms with Crippen LogP contribution in [-0.4, -0.2) is 14.3 Å². The highest BCUT2D eigenvalue weighted by Crippen LogP contribution is 2.07. The molecule has 0 aliphatic rings. The molecule has 0 atom stereocenters. The zero-order valence-electron chi connectivity index (χ0n) is 10.6. The number of benzene rings is 2. The van der Waals surface area contributed by atoms with Crippen LogP contribution in [0.2, 0.25) is 0 Å². The van der Waals surface area contributed by atoms with Crippen molar-refractivity contribution in [2.45, 2.75) is 0 Å². The van der Waals surface area contributed by atoms with E-state index in [1.54, 1.807) is 12.1 Å². The first kappa shape index (κ1) is 14.6. The van der Waals surface area contributed by atoms with Crippen molar-refractivity contribution in [3.8, 4) is 11.8 Å². The minimum Gasteiger partial charge on any atom is -0.266 e. The zero-order chi connectivity index (χ0) is 15.2. The van der Waals surface area contributed by atoms with Crippen LogP contribution in [0.25, 0.3) is 0 Å². The van der Waals surface area contributed by atoms with Crippen LogP contribution < -0.4 is 0 Å². The van der Waals surface area contributed by atoms with Crippen LogP contribution >= 0.6 is 0 Å². The summed E-state index contributed by atoms with van der Waals surface area (Å²) in [6.07, 6.45) is 0. The molecule has 1 amide bonds. The average molecular weight is 301 g/mol. The molecule has 0 saturated heterocycles. The van der Waals surface area contributed by atoms with Gasteiger partial charge in [0.1, 0.15) is 5.82 Å². The van der Waals surface area contributed by atoms with E-state index in [9.17, 15) is 17.6 Å². The average Bonchev–Trinajstić information content (AvgIpc) is 2.46. The molecule has 104 valence electrons. The summed E-state index contributed by atoms with van der Waals surface area (Å²) in [5.41, 5.74) is 1.28. The second-order valence-corrected chi connectivity index (χ2v) is 4.57. The summed E-state index contributed by atoms with van der Waals surface area (Å²) in [5.74, 6) is 4.42. The van der Waals surface area contributed by atoms with Crippen LogP contribution in [0.15, 0.2) is 52.9 Å². The number of hydrogen-bond acceptors (Lipinski definition) is 3. The van der Waals surface area contributed by atoms with Crippen molar-refractivity contribution in [2.75, 3.05) is 0 Å². The number of nitrogens with zero attached hydrogens (tertiary/aromatic N) is 1. The Kier molecular flexibility index (Phi) is 4.59. The minimum atomic E-state index is -2.78. The van der Waals surface area contributed by atoms with Gasteiger partial charge in [-0.2, -0.15) is 8.42 Å². The van der Waals surface area contributed by atoms with E-state index < -0.39 is 16.4 Å². The third-order valence-electron chi connectivity index (χ3n) is 2.46. The first-order valence-corrected chi connectivity index (χ1v) is 6.81. The van der Waals surface area contributed by atoms with Crippen molar-refractivity contribution in [1.82, 2.24) is 0 Å². The predicted octanol–water partition coefficient (Wildman–Crippen LogP) is 2.43. The van der Waals surface area contributed by atoms with Gasteiger partial charge in [-0.25, -0.2) is 4.39 Å². The number of halogens is 1. The molecule has 0 aliphatic carbocycles. The number of amides is 1. The molecular formula is C15H8FNO3S. The largest absolute Gasteiger partial charge is 0.319 e. The highest BCUT2D eigenvalue weighted by atomic mass is 32.2. The Balaban J connectivity index is 2.29. The highest BCUT2D eigenvalue weighted by molar-refractivity contribution is 7.62. The fraction of sp³-hybridized carbons (Fsp3) is 0. The molecule has 0 radical (unpaired) electrons. The Labute approximate surface area is 122 Å². The topological polar surface area (TPSA) is 63.6 Å². The van der Waals surface area contributed by atoms with E-state index in [0.717, 1.165) is 0 Å². The normalized spacial score (nSPS) is 9.38. The lowest BCUT2D eigenvalue weighted by Gasteiger charge is -1.95. The summed E-state index contributed by atoms with van der Waals surface area (Å²) in [6.45, 7) is 0. The van der Waals surface area contributed by atoms with E-state index in [4.69, 9.17) is 0 Å². The highest BCUT2D eigenvalue weighted by Gasteiger charge is 2.04. The van der Waals surface area contributed by atoms with Gasteiger partial charge in [0.25, 0.3) is 5.91 Å². The van der Waals surface area contributed by atoms with Crippen molar-refractivity contribution >= 4 is 16.4 Å². The van der Waals surface area contributed by atoms with Gasteiger partial charge in [0.15, 0.2) is 0 Å². The lowest BCUT2D eigenvalue weighted by Crippen LogP contribution is -1.94. The molecule has 2 rings (SSSR count). The van der Waals surface area contributed by atoms with E-state index in [1.165, 1.54) is 36.4 Å². The number of rotatable bonds is 1. The molecule has 0 spiro atoms. The van der Waals surface area contributed by atoms with Gasteiger partial charge in [0.05, 0.1) is 0 Å². The van der Waals surface area contributed by atoms with Gasteiger partial charge in [0.2, 0.25) is 0 Å². The van der Waals surface area contributed by atoms with Crippen LogP contribution in [0.1, 0.15) is 21.5 Å². The van der Waals surface area contributed by atoms with E-state index in [0.29, 0.717) is 11.1 Å². The number of carbonyl (C=O) groups excluding carboxylic acids is 1. The van der Waals surface area contributed by atoms with Gasteiger partial charge < -0.3 is 0 Å². The molecule has 0 fully saturated rings. The molecule has 0 heterocycles. The molecule has 0 aliphatic heterocycles. The van der Waals surface area contributed by atoms with E-state index in [2.05, 4.69) is 16.2 Å². The van der Waals surface area contributed by atoms with Gasteiger partial charge in [-0.15, -0.1) is 0 Å². The Bertz CT molecular complexity index is 867. The van der Waals surface area contributed by atoms with E-state index in [1.807, 2.05) is 0 Å². The van der Waals surface area contributed by atoms with Crippen LogP contribution in [-0.2, 0) is 10.5 Å². The van der Waals surface area contributed by atoms with Gasteiger partial charge in [-0.1, -0.05) is 22.3 Å². The molecule has 21 heavy (non-hydrogen) atoms. The van der Waals surface area contributed by atoms with Crippen LogP contribution in [0.4, 0.5) is 4.39 Å². The Morgan fingerprint density at radius 1 is 1.00 bits per heavy atom. The maximum absolute atomic E-state index is 12.7. The predicted molar refractivity (Wildman–Crippen MR) is 74.5 cm³/mol. The monoisotopic (exact) mass is 301 g/mol. The van der Waals surface area contributed by atoms with Crippen molar-refractivity contribution in [3.05, 3.63) is 71.0 Å². The standard InChI is InChI=1S/C15H8FNO3S/c16-14-8-6-11(7-9-14)4-5-12-2-1-3-13(10-12)15(18)17-21(19)20/h1-3,6-10H. The first-order valence-electron chi connectivity index (χ1n) is 5.78.